The first kappa shape index (κ1) is 60.0. The number of ether oxygens (including phenoxy) is 5. The second kappa shape index (κ2) is 26.6. The van der Waals surface area contributed by atoms with Crippen LogP contribution in [0.3, 0.4) is 0 Å². The minimum absolute atomic E-state index is 0.0536. The Bertz CT molecular complexity index is 2400. The Hall–Kier alpha value is -6.59. The van der Waals surface area contributed by atoms with E-state index in [-0.39, 0.29) is 38.9 Å². The molecule has 0 saturated carbocycles. The maximum absolute atomic E-state index is 14.2. The van der Waals surface area contributed by atoms with Crippen LogP contribution in [-0.2, 0) is 64.6 Å². The average molecular weight is 1090 g/mol. The zero-order valence-electron chi connectivity index (χ0n) is 43.9. The quantitative estimate of drug-likeness (QED) is 0.0153. The molecule has 0 heterocycles. The lowest BCUT2D eigenvalue weighted by atomic mass is 9.57. The molecule has 0 aromatic heterocycles. The van der Waals surface area contributed by atoms with Gasteiger partial charge in [0.25, 0.3) is 0 Å². The summed E-state index contributed by atoms with van der Waals surface area (Å²) in [7, 11) is 0. The summed E-state index contributed by atoms with van der Waals surface area (Å²) in [4.78, 5) is 95.0. The van der Waals surface area contributed by atoms with Crippen LogP contribution >= 0.6 is 15.9 Å². The maximum atomic E-state index is 14.2. The predicted molar refractivity (Wildman–Crippen MR) is 281 cm³/mol. The van der Waals surface area contributed by atoms with Gasteiger partial charge < -0.3 is 44.7 Å². The molecule has 74 heavy (non-hydrogen) atoms. The van der Waals surface area contributed by atoms with E-state index in [4.69, 9.17) is 23.7 Å². The van der Waals surface area contributed by atoms with Gasteiger partial charge in [-0.3, -0.25) is 28.8 Å². The SMILES string of the molecule is CC(C)(C)OC(=O)C(C)(Br)CC(C)(C)C(C)(CC(C)(C)C(=O)OCCO)C(=O)OCCOC(=O)CNC(=O)[C@H](CCC(=O)NC(c1ccccc1)(c1ccccc1)c1ccccc1)NC(=O)OCc1ccccc1. The largest absolute Gasteiger partial charge is 0.463 e. The van der Waals surface area contributed by atoms with E-state index in [0.717, 1.165) is 16.7 Å². The molecule has 0 aliphatic rings. The lowest BCUT2D eigenvalue weighted by molar-refractivity contribution is -0.175. The number of carbonyl (C=O) groups excluding carboxylic acids is 7. The molecule has 0 radical (unpaired) electrons. The minimum Gasteiger partial charge on any atom is -0.463 e. The van der Waals surface area contributed by atoms with Crippen molar-refractivity contribution >= 4 is 57.7 Å². The first-order valence-corrected chi connectivity index (χ1v) is 25.3. The third-order valence-corrected chi connectivity index (χ3v) is 13.2. The van der Waals surface area contributed by atoms with E-state index >= 15 is 0 Å². The van der Waals surface area contributed by atoms with Gasteiger partial charge in [-0.15, -0.1) is 0 Å². The summed E-state index contributed by atoms with van der Waals surface area (Å²) in [6.07, 6.45) is -1.43. The van der Waals surface area contributed by atoms with E-state index in [1.54, 1.807) is 86.6 Å². The molecule has 16 nitrogen and oxygen atoms in total. The van der Waals surface area contributed by atoms with Gasteiger partial charge in [0.15, 0.2) is 0 Å². The number of esters is 4. The van der Waals surface area contributed by atoms with Crippen molar-refractivity contribution < 1.29 is 62.4 Å². The van der Waals surface area contributed by atoms with Gasteiger partial charge in [-0.2, -0.15) is 0 Å². The van der Waals surface area contributed by atoms with Gasteiger partial charge in [-0.05, 0) is 95.4 Å². The molecule has 3 amide bonds. The summed E-state index contributed by atoms with van der Waals surface area (Å²) in [5, 5.41) is 17.6. The van der Waals surface area contributed by atoms with Gasteiger partial charge in [-0.1, -0.05) is 151 Å². The second-order valence-corrected chi connectivity index (χ2v) is 22.5. The van der Waals surface area contributed by atoms with Crippen LogP contribution in [0.5, 0.6) is 0 Å². The molecule has 4 rings (SSSR count). The number of hydrogen-bond acceptors (Lipinski definition) is 13. The molecule has 0 bridgehead atoms. The molecule has 3 atom stereocenters. The Balaban J connectivity index is 1.47. The highest BCUT2D eigenvalue weighted by atomic mass is 79.9. The monoisotopic (exact) mass is 1090 g/mol. The Kier molecular flexibility index (Phi) is 21.5. The molecule has 0 fully saturated rings. The summed E-state index contributed by atoms with van der Waals surface area (Å²) in [6.45, 7) is 13.0. The number of benzene rings is 4. The highest BCUT2D eigenvalue weighted by molar-refractivity contribution is 9.10. The van der Waals surface area contributed by atoms with E-state index in [2.05, 4.69) is 31.9 Å². The van der Waals surface area contributed by atoms with Gasteiger partial charge in [0, 0.05) is 6.42 Å². The third kappa shape index (κ3) is 17.0. The predicted octanol–water partition coefficient (Wildman–Crippen LogP) is 8.24. The molecule has 0 spiro atoms. The Morgan fingerprint density at radius 1 is 0.595 bits per heavy atom. The van der Waals surface area contributed by atoms with E-state index in [1.165, 1.54) is 0 Å². The molecule has 400 valence electrons. The number of nitrogens with one attached hydrogen (secondary N) is 3. The first-order valence-electron chi connectivity index (χ1n) is 24.5. The van der Waals surface area contributed by atoms with Crippen LogP contribution in [-0.4, -0.2) is 95.8 Å². The van der Waals surface area contributed by atoms with Crippen molar-refractivity contribution in [3.05, 3.63) is 144 Å². The normalized spacial score (nSPS) is 13.9. The number of alkyl carbamates (subject to hydrolysis) is 1. The number of amides is 3. The summed E-state index contributed by atoms with van der Waals surface area (Å²) in [5.74, 6) is -4.12. The van der Waals surface area contributed by atoms with Crippen LogP contribution in [0.2, 0.25) is 0 Å². The van der Waals surface area contributed by atoms with Crippen LogP contribution in [0.4, 0.5) is 4.79 Å². The molecule has 4 aromatic carbocycles. The number of halogens is 1. The van der Waals surface area contributed by atoms with Crippen molar-refractivity contribution in [2.75, 3.05) is 33.0 Å². The van der Waals surface area contributed by atoms with Crippen molar-refractivity contribution in [3.8, 4) is 0 Å². The molecule has 0 saturated heterocycles. The van der Waals surface area contributed by atoms with Crippen molar-refractivity contribution in [1.29, 1.82) is 0 Å². The van der Waals surface area contributed by atoms with Crippen molar-refractivity contribution in [3.63, 3.8) is 0 Å². The van der Waals surface area contributed by atoms with E-state index in [1.807, 2.05) is 97.1 Å². The molecular weight excluding hydrogens is 1010 g/mol. The number of aliphatic hydroxyl groups is 1. The molecule has 17 heteroatoms. The lowest BCUT2D eigenvalue weighted by Crippen LogP contribution is -2.51. The molecule has 4 N–H and O–H groups in total. The number of carbonyl (C=O) groups is 7. The van der Waals surface area contributed by atoms with Crippen molar-refractivity contribution in [2.45, 2.75) is 116 Å². The third-order valence-electron chi connectivity index (χ3n) is 12.6. The van der Waals surface area contributed by atoms with Gasteiger partial charge in [0.05, 0.1) is 17.4 Å². The Labute approximate surface area is 443 Å². The summed E-state index contributed by atoms with van der Waals surface area (Å²) >= 11 is 3.53. The fourth-order valence-corrected chi connectivity index (χ4v) is 9.43. The van der Waals surface area contributed by atoms with E-state index < -0.39 is 106 Å². The van der Waals surface area contributed by atoms with Gasteiger partial charge >= 0.3 is 30.0 Å². The number of aliphatic hydroxyl groups excluding tert-OH is 1. The van der Waals surface area contributed by atoms with Gasteiger partial charge in [0.2, 0.25) is 11.8 Å². The molecule has 2 unspecified atom stereocenters. The van der Waals surface area contributed by atoms with Gasteiger partial charge in [-0.25, -0.2) is 4.79 Å². The fourth-order valence-electron chi connectivity index (χ4n) is 8.65. The average Bonchev–Trinajstić information content (AvgIpc) is 3.36. The number of rotatable bonds is 26. The van der Waals surface area contributed by atoms with Crippen LogP contribution in [0.1, 0.15) is 110 Å². The summed E-state index contributed by atoms with van der Waals surface area (Å²) in [5.41, 5.74) is -2.70. The smallest absolute Gasteiger partial charge is 0.408 e. The highest BCUT2D eigenvalue weighted by Crippen LogP contribution is 2.53. The van der Waals surface area contributed by atoms with Crippen molar-refractivity contribution in [1.82, 2.24) is 16.0 Å². The molecule has 0 aliphatic heterocycles. The molecule has 0 aliphatic carbocycles. The minimum atomic E-state index is -1.48. The number of hydrogen-bond donors (Lipinski definition) is 4. The molecule has 4 aromatic rings. The summed E-state index contributed by atoms with van der Waals surface area (Å²) < 4.78 is 26.1. The maximum Gasteiger partial charge on any atom is 0.408 e. The van der Waals surface area contributed by atoms with Crippen LogP contribution < -0.4 is 16.0 Å². The van der Waals surface area contributed by atoms with Crippen LogP contribution in [0.25, 0.3) is 0 Å². The zero-order chi connectivity index (χ0) is 54.8. The lowest BCUT2D eigenvalue weighted by Gasteiger charge is -2.47. The topological polar surface area (TPSA) is 222 Å². The second-order valence-electron chi connectivity index (χ2n) is 20.8. The summed E-state index contributed by atoms with van der Waals surface area (Å²) in [6, 6.07) is 36.0. The fraction of sp³-hybridized carbons (Fsp3) is 0.456. The van der Waals surface area contributed by atoms with E-state index in [9.17, 15) is 38.7 Å². The standard InChI is InChI=1S/C57H72BrN3O13/c1-52(2,3)74-50(68)56(9,58)39-54(6,7)55(8,38-53(4,5)48(66)71-33-32-62)49(67)72-35-34-70-46(64)36-59-47(65)44(60-51(69)73-37-40-22-14-10-15-23-40)30-31-45(63)61-57(41-24-16-11-17-25-41,42-26-18-12-19-27-42)43-28-20-13-21-29-43/h10-29,44,62H,30-39H2,1-9H3,(H,59,65)(H,60,69)(H,61,63)/t44-,55?,56?/m0/s1. The highest BCUT2D eigenvalue weighted by Gasteiger charge is 2.56. The number of alkyl halides is 1. The van der Waals surface area contributed by atoms with Gasteiger partial charge in [0.1, 0.15) is 54.5 Å². The Morgan fingerprint density at radius 3 is 1.58 bits per heavy atom. The van der Waals surface area contributed by atoms with Crippen LogP contribution in [0.15, 0.2) is 121 Å². The first-order chi connectivity index (χ1) is 34.8. The Morgan fingerprint density at radius 2 is 1.08 bits per heavy atom. The molecular formula is C57H72BrN3O13. The van der Waals surface area contributed by atoms with Crippen molar-refractivity contribution in [2.24, 2.45) is 16.2 Å². The zero-order valence-corrected chi connectivity index (χ0v) is 45.5. The van der Waals surface area contributed by atoms with Crippen LogP contribution in [0, 0.1) is 16.2 Å². The van der Waals surface area contributed by atoms with E-state index in [0.29, 0.717) is 5.56 Å².